The molecule has 0 aromatic heterocycles. The lowest BCUT2D eigenvalue weighted by atomic mass is 10.0. The summed E-state index contributed by atoms with van der Waals surface area (Å²) in [7, 11) is 1.92. The van der Waals surface area contributed by atoms with Crippen molar-refractivity contribution in [1.29, 1.82) is 0 Å². The van der Waals surface area contributed by atoms with E-state index < -0.39 is 0 Å². The van der Waals surface area contributed by atoms with Gasteiger partial charge in [-0.1, -0.05) is 41.4 Å². The molecular formula is C12H15Cl2N. The SMILES string of the molecule is C=CCCC(NC)c1cccc(Cl)c1Cl. The van der Waals surface area contributed by atoms with Crippen molar-refractivity contribution in [2.75, 3.05) is 7.05 Å². The normalized spacial score (nSPS) is 12.5. The highest BCUT2D eigenvalue weighted by atomic mass is 35.5. The Hall–Kier alpha value is -0.500. The van der Waals surface area contributed by atoms with Gasteiger partial charge in [0.2, 0.25) is 0 Å². The average Bonchev–Trinajstić information content (AvgIpc) is 2.25. The minimum atomic E-state index is 0.231. The lowest BCUT2D eigenvalue weighted by Crippen LogP contribution is -2.16. The van der Waals surface area contributed by atoms with E-state index in [9.17, 15) is 0 Å². The summed E-state index contributed by atoms with van der Waals surface area (Å²) in [6.45, 7) is 3.71. The Bertz CT molecular complexity index is 336. The Kier molecular flexibility index (Phi) is 5.16. The van der Waals surface area contributed by atoms with Crippen LogP contribution in [0.25, 0.3) is 0 Å². The monoisotopic (exact) mass is 243 g/mol. The van der Waals surface area contributed by atoms with Gasteiger partial charge in [0.15, 0.2) is 0 Å². The maximum absolute atomic E-state index is 6.15. The van der Waals surface area contributed by atoms with E-state index in [-0.39, 0.29) is 6.04 Å². The summed E-state index contributed by atoms with van der Waals surface area (Å²) >= 11 is 12.1. The molecule has 1 aromatic carbocycles. The lowest BCUT2D eigenvalue weighted by Gasteiger charge is -2.17. The molecule has 1 rings (SSSR count). The minimum absolute atomic E-state index is 0.231. The van der Waals surface area contributed by atoms with Crippen LogP contribution in [0.4, 0.5) is 0 Å². The highest BCUT2D eigenvalue weighted by Gasteiger charge is 2.13. The second-order valence-electron chi connectivity index (χ2n) is 3.35. The maximum atomic E-state index is 6.15. The highest BCUT2D eigenvalue weighted by molar-refractivity contribution is 6.42. The third-order valence-electron chi connectivity index (χ3n) is 2.36. The summed E-state index contributed by atoms with van der Waals surface area (Å²) in [6.07, 6.45) is 3.83. The van der Waals surface area contributed by atoms with Crippen molar-refractivity contribution in [3.63, 3.8) is 0 Å². The van der Waals surface area contributed by atoms with E-state index in [1.807, 2.05) is 25.3 Å². The maximum Gasteiger partial charge on any atom is 0.0640 e. The number of hydrogen-bond acceptors (Lipinski definition) is 1. The van der Waals surface area contributed by atoms with Crippen LogP contribution in [0, 0.1) is 0 Å². The molecule has 0 aliphatic heterocycles. The van der Waals surface area contributed by atoms with Gasteiger partial charge in [0.05, 0.1) is 10.0 Å². The molecule has 0 amide bonds. The molecule has 0 saturated carbocycles. The smallest absolute Gasteiger partial charge is 0.0640 e. The molecule has 0 radical (unpaired) electrons. The molecule has 3 heteroatoms. The van der Waals surface area contributed by atoms with Gasteiger partial charge >= 0.3 is 0 Å². The van der Waals surface area contributed by atoms with Crippen molar-refractivity contribution in [3.05, 3.63) is 46.5 Å². The van der Waals surface area contributed by atoms with Gasteiger partial charge in [-0.3, -0.25) is 0 Å². The Morgan fingerprint density at radius 2 is 2.20 bits per heavy atom. The number of halogens is 2. The van der Waals surface area contributed by atoms with Gasteiger partial charge in [0, 0.05) is 6.04 Å². The van der Waals surface area contributed by atoms with Crippen molar-refractivity contribution in [1.82, 2.24) is 5.32 Å². The highest BCUT2D eigenvalue weighted by Crippen LogP contribution is 2.31. The van der Waals surface area contributed by atoms with Crippen molar-refractivity contribution < 1.29 is 0 Å². The molecule has 0 fully saturated rings. The van der Waals surface area contributed by atoms with Crippen molar-refractivity contribution >= 4 is 23.2 Å². The van der Waals surface area contributed by atoms with E-state index >= 15 is 0 Å². The molecule has 15 heavy (non-hydrogen) atoms. The van der Waals surface area contributed by atoms with Crippen LogP contribution in [-0.2, 0) is 0 Å². The standard InChI is InChI=1S/C12H15Cl2N/c1-3-4-8-11(15-2)9-6-5-7-10(13)12(9)14/h3,5-7,11,15H,1,4,8H2,2H3. The van der Waals surface area contributed by atoms with Crippen LogP contribution in [0.3, 0.4) is 0 Å². The number of hydrogen-bond donors (Lipinski definition) is 1. The van der Waals surface area contributed by atoms with Crippen molar-refractivity contribution in [2.45, 2.75) is 18.9 Å². The predicted molar refractivity (Wildman–Crippen MR) is 67.7 cm³/mol. The molecule has 0 aliphatic carbocycles. The Morgan fingerprint density at radius 3 is 2.80 bits per heavy atom. The summed E-state index contributed by atoms with van der Waals surface area (Å²) in [6, 6.07) is 5.95. The molecular weight excluding hydrogens is 229 g/mol. The quantitative estimate of drug-likeness (QED) is 0.764. The van der Waals surface area contributed by atoms with Gasteiger partial charge in [-0.25, -0.2) is 0 Å². The Morgan fingerprint density at radius 1 is 1.47 bits per heavy atom. The fraction of sp³-hybridized carbons (Fsp3) is 0.333. The van der Waals surface area contributed by atoms with Gasteiger partial charge in [0.25, 0.3) is 0 Å². The van der Waals surface area contributed by atoms with Crippen LogP contribution >= 0.6 is 23.2 Å². The van der Waals surface area contributed by atoms with E-state index in [1.165, 1.54) is 0 Å². The van der Waals surface area contributed by atoms with E-state index in [0.717, 1.165) is 18.4 Å². The van der Waals surface area contributed by atoms with Crippen molar-refractivity contribution in [3.8, 4) is 0 Å². The number of rotatable bonds is 5. The minimum Gasteiger partial charge on any atom is -0.313 e. The third kappa shape index (κ3) is 3.23. The molecule has 0 bridgehead atoms. The van der Waals surface area contributed by atoms with Gasteiger partial charge < -0.3 is 5.32 Å². The fourth-order valence-corrected chi connectivity index (χ4v) is 1.97. The molecule has 1 aromatic rings. The van der Waals surface area contributed by atoms with E-state index in [4.69, 9.17) is 23.2 Å². The largest absolute Gasteiger partial charge is 0.313 e. The third-order valence-corrected chi connectivity index (χ3v) is 3.20. The first-order chi connectivity index (χ1) is 7.20. The number of benzene rings is 1. The van der Waals surface area contributed by atoms with E-state index in [2.05, 4.69) is 11.9 Å². The summed E-state index contributed by atoms with van der Waals surface area (Å²) < 4.78 is 0. The Balaban J connectivity index is 2.90. The van der Waals surface area contributed by atoms with Crippen LogP contribution in [0.2, 0.25) is 10.0 Å². The molecule has 1 nitrogen and oxygen atoms in total. The Labute approximate surface area is 101 Å². The second-order valence-corrected chi connectivity index (χ2v) is 4.14. The first-order valence-corrected chi connectivity index (χ1v) is 5.68. The van der Waals surface area contributed by atoms with Gasteiger partial charge in [-0.15, -0.1) is 6.58 Å². The average molecular weight is 244 g/mol. The molecule has 0 aliphatic rings. The van der Waals surface area contributed by atoms with Crippen LogP contribution in [0.15, 0.2) is 30.9 Å². The molecule has 1 atom stereocenters. The summed E-state index contributed by atoms with van der Waals surface area (Å²) in [5, 5.41) is 4.48. The first kappa shape index (κ1) is 12.6. The van der Waals surface area contributed by atoms with Crippen molar-refractivity contribution in [2.24, 2.45) is 0 Å². The first-order valence-electron chi connectivity index (χ1n) is 4.92. The summed E-state index contributed by atoms with van der Waals surface area (Å²) in [5.74, 6) is 0. The zero-order valence-corrected chi connectivity index (χ0v) is 10.3. The number of allylic oxidation sites excluding steroid dienone is 1. The second kappa shape index (κ2) is 6.16. The van der Waals surface area contributed by atoms with Gasteiger partial charge in [-0.05, 0) is 31.5 Å². The molecule has 0 spiro atoms. The molecule has 0 heterocycles. The zero-order chi connectivity index (χ0) is 11.3. The van der Waals surface area contributed by atoms with Gasteiger partial charge in [-0.2, -0.15) is 0 Å². The molecule has 1 unspecified atom stereocenters. The topological polar surface area (TPSA) is 12.0 Å². The number of nitrogens with one attached hydrogen (secondary N) is 1. The lowest BCUT2D eigenvalue weighted by molar-refractivity contribution is 0.555. The van der Waals surface area contributed by atoms with Gasteiger partial charge in [0.1, 0.15) is 0 Å². The van der Waals surface area contributed by atoms with E-state index in [0.29, 0.717) is 10.0 Å². The molecule has 1 N–H and O–H groups in total. The van der Waals surface area contributed by atoms with Crippen LogP contribution in [0.5, 0.6) is 0 Å². The fourth-order valence-electron chi connectivity index (χ4n) is 1.53. The van der Waals surface area contributed by atoms with E-state index in [1.54, 1.807) is 6.07 Å². The predicted octanol–water partition coefficient (Wildman–Crippen LogP) is 4.22. The summed E-state index contributed by atoms with van der Waals surface area (Å²) in [4.78, 5) is 0. The summed E-state index contributed by atoms with van der Waals surface area (Å²) in [5.41, 5.74) is 1.05. The van der Waals surface area contributed by atoms with Crippen LogP contribution in [0.1, 0.15) is 24.4 Å². The zero-order valence-electron chi connectivity index (χ0n) is 8.76. The van der Waals surface area contributed by atoms with Crippen LogP contribution < -0.4 is 5.32 Å². The van der Waals surface area contributed by atoms with Crippen LogP contribution in [-0.4, -0.2) is 7.05 Å². The molecule has 0 saturated heterocycles. The molecule has 82 valence electrons.